The fraction of sp³-hybridized carbons (Fsp3) is 0.333. The zero-order valence-corrected chi connectivity index (χ0v) is 12.3. The van der Waals surface area contributed by atoms with Gasteiger partial charge in [-0.25, -0.2) is 0 Å². The SMILES string of the molecule is Cc1c(CNC(=O)CCOc2ccc(N)cc2)cnn1C. The van der Waals surface area contributed by atoms with E-state index < -0.39 is 0 Å². The maximum Gasteiger partial charge on any atom is 0.223 e. The summed E-state index contributed by atoms with van der Waals surface area (Å²) in [6.07, 6.45) is 2.07. The van der Waals surface area contributed by atoms with Gasteiger partial charge in [-0.05, 0) is 31.2 Å². The van der Waals surface area contributed by atoms with E-state index in [4.69, 9.17) is 10.5 Å². The van der Waals surface area contributed by atoms with Gasteiger partial charge in [0.1, 0.15) is 5.75 Å². The van der Waals surface area contributed by atoms with Gasteiger partial charge in [-0.1, -0.05) is 0 Å². The molecule has 21 heavy (non-hydrogen) atoms. The number of ether oxygens (including phenoxy) is 1. The van der Waals surface area contributed by atoms with Crippen LogP contribution in [0.2, 0.25) is 0 Å². The molecule has 0 atom stereocenters. The Morgan fingerprint density at radius 1 is 1.38 bits per heavy atom. The molecular formula is C15H20N4O2. The summed E-state index contributed by atoms with van der Waals surface area (Å²) in [5.74, 6) is 0.661. The summed E-state index contributed by atoms with van der Waals surface area (Å²) in [6, 6.07) is 7.10. The lowest BCUT2D eigenvalue weighted by atomic mass is 10.2. The number of aromatic nitrogens is 2. The number of amides is 1. The summed E-state index contributed by atoms with van der Waals surface area (Å²) >= 11 is 0. The Morgan fingerprint density at radius 3 is 2.71 bits per heavy atom. The van der Waals surface area contributed by atoms with Crippen molar-refractivity contribution in [2.75, 3.05) is 12.3 Å². The van der Waals surface area contributed by atoms with E-state index in [9.17, 15) is 4.79 Å². The molecule has 0 aliphatic carbocycles. The molecule has 0 fully saturated rings. The molecule has 6 nitrogen and oxygen atoms in total. The number of nitrogen functional groups attached to an aromatic ring is 1. The summed E-state index contributed by atoms with van der Waals surface area (Å²) in [6.45, 7) is 2.79. The number of rotatable bonds is 6. The van der Waals surface area contributed by atoms with E-state index in [-0.39, 0.29) is 5.91 Å². The molecule has 3 N–H and O–H groups in total. The predicted molar refractivity (Wildman–Crippen MR) is 80.8 cm³/mol. The molecule has 0 unspecified atom stereocenters. The third kappa shape index (κ3) is 4.24. The number of anilines is 1. The van der Waals surface area contributed by atoms with E-state index in [0.29, 0.717) is 31.0 Å². The van der Waals surface area contributed by atoms with Crippen molar-refractivity contribution in [3.63, 3.8) is 0 Å². The first kappa shape index (κ1) is 14.9. The molecule has 2 aromatic rings. The van der Waals surface area contributed by atoms with Crippen LogP contribution in [0.1, 0.15) is 17.7 Å². The van der Waals surface area contributed by atoms with Gasteiger partial charge in [0.15, 0.2) is 0 Å². The third-order valence-corrected chi connectivity index (χ3v) is 3.29. The first-order valence-electron chi connectivity index (χ1n) is 6.79. The van der Waals surface area contributed by atoms with Gasteiger partial charge < -0.3 is 15.8 Å². The highest BCUT2D eigenvalue weighted by molar-refractivity contribution is 5.76. The van der Waals surface area contributed by atoms with Crippen LogP contribution in [0.3, 0.4) is 0 Å². The molecule has 1 heterocycles. The molecule has 6 heteroatoms. The van der Waals surface area contributed by atoms with Gasteiger partial charge in [0.25, 0.3) is 0 Å². The Balaban J connectivity index is 1.70. The number of hydrogen-bond acceptors (Lipinski definition) is 4. The van der Waals surface area contributed by atoms with Gasteiger partial charge in [-0.2, -0.15) is 5.10 Å². The summed E-state index contributed by atoms with van der Waals surface area (Å²) in [4.78, 5) is 11.7. The number of nitrogens with one attached hydrogen (secondary N) is 1. The van der Waals surface area contributed by atoms with Crippen LogP contribution >= 0.6 is 0 Å². The standard InChI is InChI=1S/C15H20N4O2/c1-11-12(10-18-19(11)2)9-17-15(20)7-8-21-14-5-3-13(16)4-6-14/h3-6,10H,7-9,16H2,1-2H3,(H,17,20). The lowest BCUT2D eigenvalue weighted by molar-refractivity contribution is -0.121. The minimum Gasteiger partial charge on any atom is -0.493 e. The van der Waals surface area contributed by atoms with Gasteiger partial charge in [0.05, 0.1) is 19.2 Å². The molecule has 1 aromatic carbocycles. The highest BCUT2D eigenvalue weighted by Crippen LogP contribution is 2.13. The first-order chi connectivity index (χ1) is 10.1. The monoisotopic (exact) mass is 288 g/mol. The summed E-state index contributed by atoms with van der Waals surface area (Å²) < 4.78 is 7.26. The Kier molecular flexibility index (Phi) is 4.81. The van der Waals surface area contributed by atoms with Crippen LogP contribution in [0.4, 0.5) is 5.69 Å². The number of nitrogens with two attached hydrogens (primary N) is 1. The molecule has 0 spiro atoms. The minimum atomic E-state index is -0.0475. The van der Waals surface area contributed by atoms with Crippen LogP contribution < -0.4 is 15.8 Å². The average Bonchev–Trinajstić information content (AvgIpc) is 2.79. The van der Waals surface area contributed by atoms with Crippen molar-refractivity contribution in [1.82, 2.24) is 15.1 Å². The molecule has 0 aliphatic rings. The third-order valence-electron chi connectivity index (χ3n) is 3.29. The lowest BCUT2D eigenvalue weighted by Crippen LogP contribution is -2.24. The van der Waals surface area contributed by atoms with E-state index in [1.165, 1.54) is 0 Å². The molecular weight excluding hydrogens is 268 g/mol. The quantitative estimate of drug-likeness (QED) is 0.787. The van der Waals surface area contributed by atoms with Crippen molar-refractivity contribution < 1.29 is 9.53 Å². The second kappa shape index (κ2) is 6.78. The van der Waals surface area contributed by atoms with Crippen molar-refractivity contribution in [3.05, 3.63) is 41.7 Å². The van der Waals surface area contributed by atoms with Crippen LogP contribution in [-0.4, -0.2) is 22.3 Å². The number of carbonyl (C=O) groups is 1. The zero-order chi connectivity index (χ0) is 15.2. The molecule has 1 amide bonds. The van der Waals surface area contributed by atoms with Gasteiger partial charge in [0, 0.05) is 30.5 Å². The molecule has 0 radical (unpaired) electrons. The van der Waals surface area contributed by atoms with E-state index in [1.807, 2.05) is 14.0 Å². The predicted octanol–water partition coefficient (Wildman–Crippen LogP) is 1.40. The molecule has 0 aliphatic heterocycles. The van der Waals surface area contributed by atoms with E-state index in [0.717, 1.165) is 11.3 Å². The largest absolute Gasteiger partial charge is 0.493 e. The number of aryl methyl sites for hydroxylation is 1. The number of nitrogens with zero attached hydrogens (tertiary/aromatic N) is 2. The van der Waals surface area contributed by atoms with Crippen molar-refractivity contribution >= 4 is 11.6 Å². The van der Waals surface area contributed by atoms with Crippen molar-refractivity contribution in [2.24, 2.45) is 7.05 Å². The van der Waals surface area contributed by atoms with Crippen LogP contribution in [0.15, 0.2) is 30.5 Å². The average molecular weight is 288 g/mol. The number of benzene rings is 1. The number of hydrogen-bond donors (Lipinski definition) is 2. The Labute approximate surface area is 123 Å². The van der Waals surface area contributed by atoms with Crippen molar-refractivity contribution in [1.29, 1.82) is 0 Å². The fourth-order valence-electron chi connectivity index (χ4n) is 1.83. The maximum absolute atomic E-state index is 11.7. The van der Waals surface area contributed by atoms with E-state index in [2.05, 4.69) is 10.4 Å². The van der Waals surface area contributed by atoms with Crippen LogP contribution in [0.5, 0.6) is 5.75 Å². The topological polar surface area (TPSA) is 82.2 Å². The van der Waals surface area contributed by atoms with Gasteiger partial charge in [-0.15, -0.1) is 0 Å². The fourth-order valence-corrected chi connectivity index (χ4v) is 1.83. The highest BCUT2D eigenvalue weighted by atomic mass is 16.5. The Hall–Kier alpha value is -2.50. The van der Waals surface area contributed by atoms with Crippen LogP contribution in [-0.2, 0) is 18.4 Å². The van der Waals surface area contributed by atoms with E-state index in [1.54, 1.807) is 35.1 Å². The van der Waals surface area contributed by atoms with E-state index >= 15 is 0 Å². The van der Waals surface area contributed by atoms with Gasteiger partial charge in [0.2, 0.25) is 5.91 Å². The summed E-state index contributed by atoms with van der Waals surface area (Å²) in [7, 11) is 1.88. The van der Waals surface area contributed by atoms with Gasteiger partial charge >= 0.3 is 0 Å². The molecule has 1 aromatic heterocycles. The maximum atomic E-state index is 11.7. The molecule has 0 saturated heterocycles. The highest BCUT2D eigenvalue weighted by Gasteiger charge is 2.06. The second-order valence-electron chi connectivity index (χ2n) is 4.82. The zero-order valence-electron chi connectivity index (χ0n) is 12.3. The normalized spacial score (nSPS) is 10.4. The summed E-state index contributed by atoms with van der Waals surface area (Å²) in [5.41, 5.74) is 8.34. The second-order valence-corrected chi connectivity index (χ2v) is 4.82. The van der Waals surface area contributed by atoms with Crippen molar-refractivity contribution in [2.45, 2.75) is 19.9 Å². The van der Waals surface area contributed by atoms with Gasteiger partial charge in [-0.3, -0.25) is 9.48 Å². The van der Waals surface area contributed by atoms with Crippen LogP contribution in [0.25, 0.3) is 0 Å². The smallest absolute Gasteiger partial charge is 0.223 e. The Morgan fingerprint density at radius 2 is 2.10 bits per heavy atom. The number of carbonyl (C=O) groups excluding carboxylic acids is 1. The summed E-state index contributed by atoms with van der Waals surface area (Å²) in [5, 5.41) is 6.99. The molecule has 2 rings (SSSR count). The molecule has 0 bridgehead atoms. The molecule has 112 valence electrons. The molecule has 0 saturated carbocycles. The van der Waals surface area contributed by atoms with Crippen molar-refractivity contribution in [3.8, 4) is 5.75 Å². The first-order valence-corrected chi connectivity index (χ1v) is 6.79. The van der Waals surface area contributed by atoms with Crippen LogP contribution in [0, 0.1) is 6.92 Å². The lowest BCUT2D eigenvalue weighted by Gasteiger charge is -2.07. The Bertz CT molecular complexity index is 605. The minimum absolute atomic E-state index is 0.0475.